The number of benzene rings is 3. The first kappa shape index (κ1) is 32.5. The van der Waals surface area contributed by atoms with Crippen molar-refractivity contribution in [3.63, 3.8) is 0 Å². The van der Waals surface area contributed by atoms with E-state index in [9.17, 15) is 14.9 Å². The van der Waals surface area contributed by atoms with Crippen LogP contribution in [0, 0.1) is 43.8 Å². The SMILES string of the molecule is Cc1ccc(-c2c(C)noc2C)cc1N(CC1CCN(Cc2ccc(N3CCC(=O)NC3=O)cc2F)CC1)c1ccc(C2(C#N)CC2)cc1. The molecule has 0 radical (unpaired) electrons. The predicted molar refractivity (Wildman–Crippen MR) is 186 cm³/mol. The minimum Gasteiger partial charge on any atom is -0.361 e. The van der Waals surface area contributed by atoms with Gasteiger partial charge in [0.05, 0.1) is 17.2 Å². The van der Waals surface area contributed by atoms with Crippen molar-refractivity contribution in [2.75, 3.05) is 36.0 Å². The summed E-state index contributed by atoms with van der Waals surface area (Å²) in [6.07, 6.45) is 3.96. The number of rotatable bonds is 9. The van der Waals surface area contributed by atoms with E-state index in [-0.39, 0.29) is 30.1 Å². The van der Waals surface area contributed by atoms with E-state index in [4.69, 9.17) is 4.52 Å². The molecule has 1 aromatic heterocycles. The Hall–Kier alpha value is -5.01. The number of imide groups is 1. The summed E-state index contributed by atoms with van der Waals surface area (Å²) < 4.78 is 20.8. The highest BCUT2D eigenvalue weighted by Gasteiger charge is 2.44. The van der Waals surface area contributed by atoms with Gasteiger partial charge in [-0.3, -0.25) is 19.9 Å². The van der Waals surface area contributed by atoms with Crippen LogP contribution in [0.3, 0.4) is 0 Å². The van der Waals surface area contributed by atoms with Crippen LogP contribution in [0.1, 0.15) is 60.2 Å². The zero-order valence-corrected chi connectivity index (χ0v) is 28.3. The number of carbonyl (C=O) groups excluding carboxylic acids is 2. The predicted octanol–water partition coefficient (Wildman–Crippen LogP) is 7.46. The molecule has 1 N–H and O–H groups in total. The first-order chi connectivity index (χ1) is 23.6. The van der Waals surface area contributed by atoms with Gasteiger partial charge in [-0.1, -0.05) is 35.5 Å². The molecule has 1 aliphatic carbocycles. The van der Waals surface area contributed by atoms with E-state index < -0.39 is 6.03 Å². The maximum Gasteiger partial charge on any atom is 0.328 e. The third kappa shape index (κ3) is 6.55. The third-order valence-electron chi connectivity index (χ3n) is 10.5. The molecular formula is C39H41FN6O3. The van der Waals surface area contributed by atoms with Gasteiger partial charge in [0.1, 0.15) is 11.6 Å². The summed E-state index contributed by atoms with van der Waals surface area (Å²) in [6.45, 7) is 9.30. The molecule has 0 bridgehead atoms. The van der Waals surface area contributed by atoms with E-state index >= 15 is 4.39 Å². The Labute approximate surface area is 286 Å². The molecule has 3 aliphatic rings. The highest BCUT2D eigenvalue weighted by molar-refractivity contribution is 6.05. The van der Waals surface area contributed by atoms with Gasteiger partial charge in [-0.05, 0) is 112 Å². The van der Waals surface area contributed by atoms with Crippen molar-refractivity contribution in [1.29, 1.82) is 5.26 Å². The number of carbonyl (C=O) groups is 2. The quantitative estimate of drug-likeness (QED) is 0.199. The fraction of sp³-hybridized carbons (Fsp3) is 0.385. The Morgan fingerprint density at radius 1 is 1.02 bits per heavy atom. The van der Waals surface area contributed by atoms with Crippen molar-refractivity contribution in [3.8, 4) is 17.2 Å². The number of aryl methyl sites for hydroxylation is 3. The van der Waals surface area contributed by atoms with Crippen molar-refractivity contribution in [2.24, 2.45) is 5.92 Å². The van der Waals surface area contributed by atoms with Gasteiger partial charge in [0.15, 0.2) is 0 Å². The van der Waals surface area contributed by atoms with E-state index in [0.29, 0.717) is 23.7 Å². The first-order valence-electron chi connectivity index (χ1n) is 17.1. The van der Waals surface area contributed by atoms with Crippen LogP contribution in [-0.2, 0) is 16.8 Å². The number of nitrogens with one attached hydrogen (secondary N) is 1. The standard InChI is InChI=1S/C39H41FN6O3/c1-25-4-5-29(37-26(2)43-49-27(37)3)20-35(25)46(32-10-7-31(8-11-32)39(24-41)15-16-39)22-28-12-17-44(18-13-28)23-30-6-9-33(21-34(30)40)45-19-14-36(47)42-38(45)48/h4-11,20-21,28H,12-19,22-23H2,1-3H3,(H,42,47,48). The second-order valence-electron chi connectivity index (χ2n) is 13.8. The second kappa shape index (κ2) is 13.1. The molecule has 0 spiro atoms. The molecule has 252 valence electrons. The van der Waals surface area contributed by atoms with Crippen LogP contribution in [0.2, 0.25) is 0 Å². The van der Waals surface area contributed by atoms with E-state index in [0.717, 1.165) is 84.8 Å². The largest absolute Gasteiger partial charge is 0.361 e. The average molecular weight is 661 g/mol. The van der Waals surface area contributed by atoms with E-state index in [1.165, 1.54) is 16.5 Å². The Morgan fingerprint density at radius 2 is 1.78 bits per heavy atom. The van der Waals surface area contributed by atoms with Gasteiger partial charge in [-0.15, -0.1) is 0 Å². The Balaban J connectivity index is 1.08. The van der Waals surface area contributed by atoms with Gasteiger partial charge in [0.25, 0.3) is 0 Å². The molecule has 1 saturated carbocycles. The lowest BCUT2D eigenvalue weighted by Crippen LogP contribution is -2.49. The van der Waals surface area contributed by atoms with Crippen molar-refractivity contribution < 1.29 is 18.5 Å². The molecule has 4 aromatic rings. The molecule has 0 atom stereocenters. The third-order valence-corrected chi connectivity index (χ3v) is 10.5. The van der Waals surface area contributed by atoms with Crippen molar-refractivity contribution in [2.45, 2.75) is 64.8 Å². The Morgan fingerprint density at radius 3 is 2.41 bits per heavy atom. The molecule has 3 aromatic carbocycles. The van der Waals surface area contributed by atoms with E-state index in [2.05, 4.69) is 75.7 Å². The number of anilines is 3. The summed E-state index contributed by atoms with van der Waals surface area (Å²) in [4.78, 5) is 29.9. The van der Waals surface area contributed by atoms with Crippen molar-refractivity contribution in [1.82, 2.24) is 15.4 Å². The summed E-state index contributed by atoms with van der Waals surface area (Å²) in [5.74, 6) is 0.545. The van der Waals surface area contributed by atoms with Crippen LogP contribution in [0.5, 0.6) is 0 Å². The Kier molecular flexibility index (Phi) is 8.72. The number of piperidine rings is 1. The number of hydrogen-bond donors (Lipinski definition) is 1. The minimum absolute atomic E-state index is 0.195. The lowest BCUT2D eigenvalue weighted by molar-refractivity contribution is -0.120. The summed E-state index contributed by atoms with van der Waals surface area (Å²) in [5, 5.41) is 16.3. The number of amides is 3. The normalized spacial score (nSPS) is 17.9. The number of likely N-dealkylation sites (tertiary alicyclic amines) is 1. The van der Waals surface area contributed by atoms with Crippen LogP contribution >= 0.6 is 0 Å². The molecule has 3 fully saturated rings. The zero-order valence-electron chi connectivity index (χ0n) is 28.3. The van der Waals surface area contributed by atoms with Crippen molar-refractivity contribution in [3.05, 3.63) is 94.6 Å². The van der Waals surface area contributed by atoms with Crippen LogP contribution in [0.15, 0.2) is 65.2 Å². The molecule has 10 heteroatoms. The maximum absolute atomic E-state index is 15.3. The van der Waals surface area contributed by atoms with Gasteiger partial charge >= 0.3 is 6.03 Å². The molecule has 2 aliphatic heterocycles. The van der Waals surface area contributed by atoms with E-state index in [1.807, 2.05) is 13.8 Å². The number of urea groups is 1. The number of aromatic nitrogens is 1. The van der Waals surface area contributed by atoms with Crippen LogP contribution in [-0.4, -0.2) is 48.2 Å². The van der Waals surface area contributed by atoms with Gasteiger partial charge < -0.3 is 9.42 Å². The van der Waals surface area contributed by atoms with Crippen LogP contribution < -0.4 is 15.1 Å². The number of nitriles is 1. The molecule has 7 rings (SSSR count). The molecule has 2 saturated heterocycles. The van der Waals surface area contributed by atoms with Gasteiger partial charge in [0.2, 0.25) is 5.91 Å². The molecule has 9 nitrogen and oxygen atoms in total. The molecule has 3 heterocycles. The maximum atomic E-state index is 15.3. The molecule has 49 heavy (non-hydrogen) atoms. The number of hydrogen-bond acceptors (Lipinski definition) is 7. The van der Waals surface area contributed by atoms with Crippen LogP contribution in [0.4, 0.5) is 26.2 Å². The highest BCUT2D eigenvalue weighted by atomic mass is 19.1. The smallest absolute Gasteiger partial charge is 0.328 e. The summed E-state index contributed by atoms with van der Waals surface area (Å²) in [7, 11) is 0. The topological polar surface area (TPSA) is 106 Å². The van der Waals surface area contributed by atoms with Gasteiger partial charge in [0, 0.05) is 54.2 Å². The lowest BCUT2D eigenvalue weighted by Gasteiger charge is -2.36. The lowest BCUT2D eigenvalue weighted by atomic mass is 9.93. The average Bonchev–Trinajstić information content (AvgIpc) is 3.83. The minimum atomic E-state index is -0.518. The summed E-state index contributed by atoms with van der Waals surface area (Å²) >= 11 is 0. The second-order valence-corrected chi connectivity index (χ2v) is 13.8. The van der Waals surface area contributed by atoms with Gasteiger partial charge in [-0.25, -0.2) is 9.18 Å². The molecule has 3 amide bonds. The Bertz CT molecular complexity index is 1920. The number of halogens is 1. The monoisotopic (exact) mass is 660 g/mol. The molecular weight excluding hydrogens is 619 g/mol. The summed E-state index contributed by atoms with van der Waals surface area (Å²) in [6, 6.07) is 22.0. The summed E-state index contributed by atoms with van der Waals surface area (Å²) in [5.41, 5.74) is 8.13. The molecule has 0 unspecified atom stereocenters. The zero-order chi connectivity index (χ0) is 34.3. The fourth-order valence-electron chi connectivity index (χ4n) is 7.31. The van der Waals surface area contributed by atoms with E-state index in [1.54, 1.807) is 12.1 Å². The highest BCUT2D eigenvalue weighted by Crippen LogP contribution is 2.48. The first-order valence-corrected chi connectivity index (χ1v) is 17.1. The fourth-order valence-corrected chi connectivity index (χ4v) is 7.31. The van der Waals surface area contributed by atoms with Gasteiger partial charge in [-0.2, -0.15) is 5.26 Å². The van der Waals surface area contributed by atoms with Crippen molar-refractivity contribution >= 4 is 29.0 Å². The number of nitrogens with zero attached hydrogens (tertiary/aromatic N) is 5. The van der Waals surface area contributed by atoms with Crippen LogP contribution in [0.25, 0.3) is 11.1 Å².